The number of sulfonamides is 1. The molecule has 0 aliphatic heterocycles. The molecule has 3 aromatic rings. The lowest BCUT2D eigenvalue weighted by Crippen LogP contribution is -2.38. The Kier molecular flexibility index (Phi) is 6.29. The number of anilines is 1. The molecule has 2 N–H and O–H groups in total. The summed E-state index contributed by atoms with van der Waals surface area (Å²) in [6.07, 6.45) is 1.50. The predicted octanol–water partition coefficient (Wildman–Crippen LogP) is 2.04. The van der Waals surface area contributed by atoms with E-state index in [1.165, 1.54) is 17.5 Å². The second-order valence-electron chi connectivity index (χ2n) is 5.67. The van der Waals surface area contributed by atoms with E-state index in [-0.39, 0.29) is 23.2 Å². The van der Waals surface area contributed by atoms with Crippen LogP contribution in [0.3, 0.4) is 0 Å². The zero-order valence-electron chi connectivity index (χ0n) is 14.9. The number of carbonyl (C=O) groups is 1. The fourth-order valence-corrected chi connectivity index (χ4v) is 4.63. The molecular formula is C17H18N6O3S2. The predicted molar refractivity (Wildman–Crippen MR) is 106 cm³/mol. The number of nitrogens with zero attached hydrogens (tertiary/aromatic N) is 4. The minimum absolute atomic E-state index is 0.0541. The average molecular weight is 419 g/mol. The van der Waals surface area contributed by atoms with Crippen LogP contribution in [-0.4, -0.2) is 54.1 Å². The van der Waals surface area contributed by atoms with E-state index in [2.05, 4.69) is 25.8 Å². The number of benzene rings is 1. The summed E-state index contributed by atoms with van der Waals surface area (Å²) in [5, 5.41) is 14.4. The van der Waals surface area contributed by atoms with E-state index in [4.69, 9.17) is 0 Å². The fourth-order valence-electron chi connectivity index (χ4n) is 2.26. The molecule has 0 saturated carbocycles. The molecule has 0 spiro atoms. The van der Waals surface area contributed by atoms with Crippen LogP contribution in [0, 0.1) is 0 Å². The van der Waals surface area contributed by atoms with Gasteiger partial charge in [-0.05, 0) is 11.4 Å². The largest absolute Gasteiger partial charge is 0.336 e. The van der Waals surface area contributed by atoms with Crippen LogP contribution in [0.2, 0.25) is 0 Å². The van der Waals surface area contributed by atoms with E-state index in [9.17, 15) is 13.2 Å². The van der Waals surface area contributed by atoms with Crippen molar-refractivity contribution in [2.45, 2.75) is 4.21 Å². The maximum absolute atomic E-state index is 12.3. The zero-order chi connectivity index (χ0) is 20.0. The SMILES string of the molecule is CN(CCNC(=O)Nc1nncc(-c2ccccc2)n1)S(=O)(=O)c1cccs1. The zero-order valence-corrected chi connectivity index (χ0v) is 16.6. The van der Waals surface area contributed by atoms with Crippen LogP contribution in [0.25, 0.3) is 11.3 Å². The molecule has 0 atom stereocenters. The second-order valence-corrected chi connectivity index (χ2v) is 8.89. The van der Waals surface area contributed by atoms with Gasteiger partial charge in [-0.1, -0.05) is 36.4 Å². The first-order valence-electron chi connectivity index (χ1n) is 8.26. The van der Waals surface area contributed by atoms with E-state index in [0.717, 1.165) is 16.9 Å². The Hall–Kier alpha value is -2.89. The van der Waals surface area contributed by atoms with E-state index >= 15 is 0 Å². The Morgan fingerprint density at radius 3 is 2.68 bits per heavy atom. The molecule has 0 fully saturated rings. The first-order valence-corrected chi connectivity index (χ1v) is 10.6. The van der Waals surface area contributed by atoms with E-state index in [0.29, 0.717) is 5.69 Å². The molecule has 0 unspecified atom stereocenters. The van der Waals surface area contributed by atoms with Crippen molar-refractivity contribution < 1.29 is 13.2 Å². The van der Waals surface area contributed by atoms with Crippen molar-refractivity contribution in [1.82, 2.24) is 24.8 Å². The Morgan fingerprint density at radius 1 is 1.18 bits per heavy atom. The van der Waals surface area contributed by atoms with Crippen LogP contribution in [0.1, 0.15) is 0 Å². The first kappa shape index (κ1) is 19.9. The third kappa shape index (κ3) is 4.88. The Labute approximate surface area is 166 Å². The van der Waals surface area contributed by atoms with Gasteiger partial charge in [0, 0.05) is 25.7 Å². The van der Waals surface area contributed by atoms with Crippen molar-refractivity contribution in [1.29, 1.82) is 0 Å². The molecule has 0 aliphatic rings. The summed E-state index contributed by atoms with van der Waals surface area (Å²) in [7, 11) is -2.08. The Balaban J connectivity index is 1.52. The molecule has 0 bridgehead atoms. The highest BCUT2D eigenvalue weighted by Crippen LogP contribution is 2.19. The quantitative estimate of drug-likeness (QED) is 0.606. The molecule has 1 aromatic carbocycles. The number of thiophene rings is 1. The smallest absolute Gasteiger partial charge is 0.321 e. The maximum Gasteiger partial charge on any atom is 0.321 e. The third-order valence-electron chi connectivity index (χ3n) is 3.73. The van der Waals surface area contributed by atoms with Crippen LogP contribution < -0.4 is 10.6 Å². The van der Waals surface area contributed by atoms with E-state index < -0.39 is 16.1 Å². The maximum atomic E-state index is 12.3. The Morgan fingerprint density at radius 2 is 1.96 bits per heavy atom. The second kappa shape index (κ2) is 8.87. The minimum atomic E-state index is -3.54. The molecule has 9 nitrogen and oxygen atoms in total. The molecule has 28 heavy (non-hydrogen) atoms. The lowest BCUT2D eigenvalue weighted by Gasteiger charge is -2.16. The van der Waals surface area contributed by atoms with Crippen LogP contribution in [0.4, 0.5) is 10.7 Å². The van der Waals surface area contributed by atoms with Gasteiger partial charge in [0.25, 0.3) is 16.0 Å². The molecule has 0 saturated heterocycles. The van der Waals surface area contributed by atoms with Gasteiger partial charge in [0.05, 0.1) is 11.9 Å². The van der Waals surface area contributed by atoms with Gasteiger partial charge in [-0.2, -0.15) is 9.40 Å². The fraction of sp³-hybridized carbons (Fsp3) is 0.176. The number of amides is 2. The highest BCUT2D eigenvalue weighted by Gasteiger charge is 2.21. The number of urea groups is 1. The normalized spacial score (nSPS) is 11.4. The number of likely N-dealkylation sites (N-methyl/N-ethyl adjacent to an activating group) is 1. The summed E-state index contributed by atoms with van der Waals surface area (Å²) in [5.41, 5.74) is 1.42. The molecule has 2 aromatic heterocycles. The summed E-state index contributed by atoms with van der Waals surface area (Å²) >= 11 is 1.15. The van der Waals surface area contributed by atoms with Gasteiger partial charge in [0.1, 0.15) is 4.21 Å². The van der Waals surface area contributed by atoms with Crippen molar-refractivity contribution in [3.8, 4) is 11.3 Å². The number of hydrogen-bond donors (Lipinski definition) is 2. The summed E-state index contributed by atoms with van der Waals surface area (Å²) in [6.45, 7) is 0.246. The van der Waals surface area contributed by atoms with E-state index in [1.807, 2.05) is 30.3 Å². The number of rotatable bonds is 7. The third-order valence-corrected chi connectivity index (χ3v) is 6.96. The lowest BCUT2D eigenvalue weighted by atomic mass is 10.2. The van der Waals surface area contributed by atoms with Gasteiger partial charge in [-0.3, -0.25) is 5.32 Å². The highest BCUT2D eigenvalue weighted by molar-refractivity contribution is 7.91. The molecule has 2 amide bonds. The lowest BCUT2D eigenvalue weighted by molar-refractivity contribution is 0.251. The van der Waals surface area contributed by atoms with Crippen molar-refractivity contribution >= 4 is 33.3 Å². The van der Waals surface area contributed by atoms with Gasteiger partial charge in [-0.25, -0.2) is 18.2 Å². The molecule has 3 rings (SSSR count). The molecule has 146 valence electrons. The van der Waals surface area contributed by atoms with Gasteiger partial charge < -0.3 is 5.32 Å². The topological polar surface area (TPSA) is 117 Å². The Bertz CT molecular complexity index is 1030. The highest BCUT2D eigenvalue weighted by atomic mass is 32.2. The van der Waals surface area contributed by atoms with Crippen molar-refractivity contribution in [3.63, 3.8) is 0 Å². The number of carbonyl (C=O) groups excluding carboxylic acids is 1. The van der Waals surface area contributed by atoms with Gasteiger partial charge in [-0.15, -0.1) is 16.4 Å². The number of hydrogen-bond acceptors (Lipinski definition) is 7. The first-order chi connectivity index (χ1) is 13.5. The monoisotopic (exact) mass is 418 g/mol. The minimum Gasteiger partial charge on any atom is -0.336 e. The average Bonchev–Trinajstić information content (AvgIpc) is 3.24. The number of aromatic nitrogens is 3. The van der Waals surface area contributed by atoms with Crippen molar-refractivity contribution in [3.05, 3.63) is 54.0 Å². The molecule has 11 heteroatoms. The van der Waals surface area contributed by atoms with Crippen LogP contribution in [0.15, 0.2) is 58.3 Å². The number of nitrogens with one attached hydrogen (secondary N) is 2. The van der Waals surface area contributed by atoms with Crippen molar-refractivity contribution in [2.75, 3.05) is 25.5 Å². The van der Waals surface area contributed by atoms with Gasteiger partial charge in [0.2, 0.25) is 0 Å². The molecule has 0 aliphatic carbocycles. The molecular weight excluding hydrogens is 400 g/mol. The standard InChI is InChI=1S/C17H18N6O3S2/c1-23(28(25,26)15-8-5-11-27-15)10-9-18-17(24)21-16-20-14(12-19-22-16)13-6-3-2-4-7-13/h2-8,11-12H,9-10H2,1H3,(H2,18,20,21,22,24). The summed E-state index contributed by atoms with van der Waals surface area (Å²) in [5.74, 6) is 0.0541. The van der Waals surface area contributed by atoms with Crippen LogP contribution in [-0.2, 0) is 10.0 Å². The summed E-state index contributed by atoms with van der Waals surface area (Å²) in [4.78, 5) is 16.3. The van der Waals surface area contributed by atoms with Crippen molar-refractivity contribution in [2.24, 2.45) is 0 Å². The van der Waals surface area contributed by atoms with Gasteiger partial charge >= 0.3 is 6.03 Å². The molecule has 2 heterocycles. The van der Waals surface area contributed by atoms with Crippen LogP contribution >= 0.6 is 11.3 Å². The van der Waals surface area contributed by atoms with E-state index in [1.54, 1.807) is 17.5 Å². The summed E-state index contributed by atoms with van der Waals surface area (Å²) < 4.78 is 26.1. The van der Waals surface area contributed by atoms with Crippen LogP contribution in [0.5, 0.6) is 0 Å². The molecule has 0 radical (unpaired) electrons. The van der Waals surface area contributed by atoms with Gasteiger partial charge in [0.15, 0.2) is 0 Å². The summed E-state index contributed by atoms with van der Waals surface area (Å²) in [6, 6.07) is 12.1.